The highest BCUT2D eigenvalue weighted by Gasteiger charge is 2.42. The normalized spacial score (nSPS) is 24.7. The molecule has 0 aliphatic carbocycles. The first-order chi connectivity index (χ1) is 7.48. The molecule has 0 aromatic carbocycles. The number of allylic oxidation sites excluding steroid dienone is 1. The molecule has 1 atom stereocenters. The molecule has 2 nitrogen and oxygen atoms in total. The van der Waals surface area contributed by atoms with Crippen LogP contribution in [0.1, 0.15) is 55.4 Å². The van der Waals surface area contributed by atoms with Gasteiger partial charge in [0.25, 0.3) is 0 Å². The van der Waals surface area contributed by atoms with Crippen molar-refractivity contribution in [3.8, 4) is 0 Å². The van der Waals surface area contributed by atoms with Gasteiger partial charge in [0.05, 0.1) is 16.9 Å². The maximum absolute atomic E-state index is 4.20. The molecule has 1 saturated heterocycles. The van der Waals surface area contributed by atoms with Crippen LogP contribution in [-0.2, 0) is 0 Å². The molecule has 2 heteroatoms. The quantitative estimate of drug-likeness (QED) is 0.690. The van der Waals surface area contributed by atoms with Crippen LogP contribution < -0.4 is 5.32 Å². The molecule has 0 spiro atoms. The van der Waals surface area contributed by atoms with Gasteiger partial charge in [-0.1, -0.05) is 12.2 Å². The molecule has 0 amide bonds. The molecule has 1 fully saturated rings. The van der Waals surface area contributed by atoms with E-state index in [1.54, 1.807) is 0 Å². The molecule has 0 saturated carbocycles. The van der Waals surface area contributed by atoms with E-state index in [2.05, 4.69) is 72.2 Å². The Bertz CT molecular complexity index is 352. The molecule has 1 aliphatic rings. The molecule has 0 radical (unpaired) electrons. The molecule has 0 aromatic rings. The van der Waals surface area contributed by atoms with Gasteiger partial charge in [-0.2, -0.15) is 0 Å². The van der Waals surface area contributed by atoms with Crippen LogP contribution in [0.15, 0.2) is 23.5 Å². The van der Waals surface area contributed by atoms with Gasteiger partial charge in [0, 0.05) is 11.6 Å². The van der Waals surface area contributed by atoms with Crippen LogP contribution in [-0.4, -0.2) is 22.0 Å². The van der Waals surface area contributed by atoms with Crippen molar-refractivity contribution in [2.45, 2.75) is 72.5 Å². The molecular formula is C15H28N2. The number of piperazine rings is 1. The van der Waals surface area contributed by atoms with Crippen LogP contribution in [0.25, 0.3) is 0 Å². The van der Waals surface area contributed by atoms with E-state index in [-0.39, 0.29) is 11.1 Å². The number of hydrogen-bond acceptors (Lipinski definition) is 2. The second-order valence-electron chi connectivity index (χ2n) is 6.89. The van der Waals surface area contributed by atoms with Crippen molar-refractivity contribution in [3.63, 3.8) is 0 Å². The van der Waals surface area contributed by atoms with Crippen molar-refractivity contribution in [1.29, 1.82) is 0 Å². The standard InChI is InChI=1S/C15H28N2/c1-10(2)13-11(3)16-15(8,9)12(4)17(13)14(5,6)7/h12,16H,3H2,1-2,4-9H3. The van der Waals surface area contributed by atoms with Gasteiger partial charge in [0.15, 0.2) is 0 Å². The summed E-state index contributed by atoms with van der Waals surface area (Å²) in [6, 6.07) is 0.429. The third-order valence-corrected chi connectivity index (χ3v) is 3.63. The molecule has 1 N–H and O–H groups in total. The molecule has 17 heavy (non-hydrogen) atoms. The van der Waals surface area contributed by atoms with E-state index in [0.717, 1.165) is 5.70 Å². The molecule has 1 aliphatic heterocycles. The van der Waals surface area contributed by atoms with Crippen LogP contribution in [0.4, 0.5) is 0 Å². The predicted molar refractivity (Wildman–Crippen MR) is 75.8 cm³/mol. The van der Waals surface area contributed by atoms with Crippen molar-refractivity contribution >= 4 is 0 Å². The van der Waals surface area contributed by atoms with Crippen molar-refractivity contribution in [2.75, 3.05) is 0 Å². The van der Waals surface area contributed by atoms with Crippen LogP contribution in [0, 0.1) is 0 Å². The number of rotatable bonds is 0. The average molecular weight is 236 g/mol. The first-order valence-electron chi connectivity index (χ1n) is 6.42. The lowest BCUT2D eigenvalue weighted by Gasteiger charge is -2.55. The summed E-state index contributed by atoms with van der Waals surface area (Å²) in [5, 5.41) is 3.54. The van der Waals surface area contributed by atoms with Crippen molar-refractivity contribution in [1.82, 2.24) is 10.2 Å². The molecule has 1 unspecified atom stereocenters. The Kier molecular flexibility index (Phi) is 3.39. The van der Waals surface area contributed by atoms with E-state index in [1.807, 2.05) is 0 Å². The Labute approximate surface area is 107 Å². The zero-order chi connectivity index (χ0) is 13.6. The Hall–Kier alpha value is -0.920. The lowest BCUT2D eigenvalue weighted by molar-refractivity contribution is 0.0634. The monoisotopic (exact) mass is 236 g/mol. The molecule has 1 heterocycles. The van der Waals surface area contributed by atoms with Gasteiger partial charge >= 0.3 is 0 Å². The number of nitrogens with zero attached hydrogens (tertiary/aromatic N) is 1. The zero-order valence-electron chi connectivity index (χ0n) is 12.7. The summed E-state index contributed by atoms with van der Waals surface area (Å²) in [5.74, 6) is 0. The minimum Gasteiger partial charge on any atom is -0.377 e. The summed E-state index contributed by atoms with van der Waals surface area (Å²) in [6.45, 7) is 22.1. The van der Waals surface area contributed by atoms with Gasteiger partial charge in [-0.15, -0.1) is 0 Å². The van der Waals surface area contributed by atoms with Gasteiger partial charge in [0.1, 0.15) is 0 Å². The van der Waals surface area contributed by atoms with Crippen molar-refractivity contribution in [2.24, 2.45) is 0 Å². The lowest BCUT2D eigenvalue weighted by atomic mass is 9.85. The van der Waals surface area contributed by atoms with Crippen molar-refractivity contribution < 1.29 is 0 Å². The van der Waals surface area contributed by atoms with E-state index in [4.69, 9.17) is 0 Å². The average Bonchev–Trinajstić information content (AvgIpc) is 2.07. The second kappa shape index (κ2) is 4.08. The van der Waals surface area contributed by atoms with Gasteiger partial charge < -0.3 is 10.2 Å². The maximum Gasteiger partial charge on any atom is 0.0589 e. The Morgan fingerprint density at radius 3 is 2.12 bits per heavy atom. The van der Waals surface area contributed by atoms with E-state index < -0.39 is 0 Å². The highest BCUT2D eigenvalue weighted by atomic mass is 15.3. The van der Waals surface area contributed by atoms with E-state index in [0.29, 0.717) is 6.04 Å². The predicted octanol–water partition coefficient (Wildman–Crippen LogP) is 3.66. The first-order valence-corrected chi connectivity index (χ1v) is 6.42. The summed E-state index contributed by atoms with van der Waals surface area (Å²) in [4.78, 5) is 2.50. The summed E-state index contributed by atoms with van der Waals surface area (Å²) in [7, 11) is 0. The highest BCUT2D eigenvalue weighted by Crippen LogP contribution is 2.37. The van der Waals surface area contributed by atoms with Crippen molar-refractivity contribution in [3.05, 3.63) is 23.5 Å². The summed E-state index contributed by atoms with van der Waals surface area (Å²) in [5.41, 5.74) is 3.78. The fraction of sp³-hybridized carbons (Fsp3) is 0.733. The molecular weight excluding hydrogens is 208 g/mol. The largest absolute Gasteiger partial charge is 0.377 e. The first kappa shape index (κ1) is 14.1. The summed E-state index contributed by atoms with van der Waals surface area (Å²) < 4.78 is 0. The van der Waals surface area contributed by atoms with Crippen LogP contribution in [0.5, 0.6) is 0 Å². The third-order valence-electron chi connectivity index (χ3n) is 3.63. The highest BCUT2D eigenvalue weighted by molar-refractivity contribution is 5.36. The topological polar surface area (TPSA) is 15.3 Å². The fourth-order valence-corrected chi connectivity index (χ4v) is 2.67. The number of hydrogen-bond donors (Lipinski definition) is 1. The van der Waals surface area contributed by atoms with Gasteiger partial charge in [-0.3, -0.25) is 0 Å². The minimum absolute atomic E-state index is 0.0450. The molecule has 0 bridgehead atoms. The van der Waals surface area contributed by atoms with Gasteiger partial charge in [-0.25, -0.2) is 0 Å². The SMILES string of the molecule is C=C1NC(C)(C)C(C)N(C(C)(C)C)C1=C(C)C. The lowest BCUT2D eigenvalue weighted by Crippen LogP contribution is -2.64. The Balaban J connectivity index is 3.35. The van der Waals surface area contributed by atoms with Crippen LogP contribution in [0.3, 0.4) is 0 Å². The van der Waals surface area contributed by atoms with Crippen LogP contribution in [0.2, 0.25) is 0 Å². The van der Waals surface area contributed by atoms with Crippen LogP contribution >= 0.6 is 0 Å². The third kappa shape index (κ3) is 2.51. The summed E-state index contributed by atoms with van der Waals surface area (Å²) >= 11 is 0. The molecule has 0 aromatic heterocycles. The van der Waals surface area contributed by atoms with E-state index in [1.165, 1.54) is 11.3 Å². The second-order valence-corrected chi connectivity index (χ2v) is 6.89. The van der Waals surface area contributed by atoms with E-state index >= 15 is 0 Å². The Morgan fingerprint density at radius 2 is 1.76 bits per heavy atom. The van der Waals surface area contributed by atoms with Gasteiger partial charge in [-0.05, 0) is 55.4 Å². The van der Waals surface area contributed by atoms with E-state index in [9.17, 15) is 0 Å². The zero-order valence-corrected chi connectivity index (χ0v) is 12.7. The van der Waals surface area contributed by atoms with Gasteiger partial charge in [0.2, 0.25) is 0 Å². The Morgan fingerprint density at radius 1 is 1.29 bits per heavy atom. The molecule has 1 rings (SSSR count). The maximum atomic E-state index is 4.20. The minimum atomic E-state index is 0.0450. The summed E-state index contributed by atoms with van der Waals surface area (Å²) in [6.07, 6.45) is 0. The fourth-order valence-electron chi connectivity index (χ4n) is 2.67. The smallest absolute Gasteiger partial charge is 0.0589 e. The molecule has 98 valence electrons. The number of nitrogens with one attached hydrogen (secondary N) is 1.